The van der Waals surface area contributed by atoms with Crippen molar-refractivity contribution in [3.8, 4) is 0 Å². The van der Waals surface area contributed by atoms with E-state index in [4.69, 9.17) is 4.99 Å². The van der Waals surface area contributed by atoms with E-state index in [1.54, 1.807) is 0 Å². The summed E-state index contributed by atoms with van der Waals surface area (Å²) in [6.07, 6.45) is 2.44. The highest BCUT2D eigenvalue weighted by molar-refractivity contribution is 14.0. The van der Waals surface area contributed by atoms with Crippen LogP contribution in [0.1, 0.15) is 49.5 Å². The number of likely N-dealkylation sites (tertiary alicyclic amines) is 1. The van der Waals surface area contributed by atoms with E-state index in [9.17, 15) is 4.79 Å². The van der Waals surface area contributed by atoms with E-state index in [1.807, 2.05) is 31.2 Å². The standard InChI is InChI=1S/C19H30N4O.HI/c1-4-20-18(24)17-8-6-7-16(13-17)14-22-19(21-5-2)23-11-9-15(3)10-12-23;/h6-8,13,15H,4-5,9-12,14H2,1-3H3,(H,20,24)(H,21,22);1H. The van der Waals surface area contributed by atoms with Crippen molar-refractivity contribution in [3.05, 3.63) is 35.4 Å². The Kier molecular flexibility index (Phi) is 9.85. The third-order valence-electron chi connectivity index (χ3n) is 4.36. The second-order valence-corrected chi connectivity index (χ2v) is 6.40. The molecule has 0 saturated carbocycles. The van der Waals surface area contributed by atoms with Crippen LogP contribution in [0.3, 0.4) is 0 Å². The normalized spacial score (nSPS) is 15.5. The van der Waals surface area contributed by atoms with Gasteiger partial charge in [-0.15, -0.1) is 24.0 Å². The van der Waals surface area contributed by atoms with Gasteiger partial charge in [0.1, 0.15) is 0 Å². The average Bonchev–Trinajstić information content (AvgIpc) is 2.60. The second kappa shape index (κ2) is 11.3. The average molecular weight is 458 g/mol. The van der Waals surface area contributed by atoms with E-state index < -0.39 is 0 Å². The molecular formula is C19H31IN4O. The van der Waals surface area contributed by atoms with Crippen LogP contribution in [-0.4, -0.2) is 42.9 Å². The minimum absolute atomic E-state index is 0. The number of carbonyl (C=O) groups is 1. The van der Waals surface area contributed by atoms with Crippen molar-refractivity contribution in [3.63, 3.8) is 0 Å². The fraction of sp³-hybridized carbons (Fsp3) is 0.579. The lowest BCUT2D eigenvalue weighted by Crippen LogP contribution is -2.45. The first-order valence-electron chi connectivity index (χ1n) is 9.04. The summed E-state index contributed by atoms with van der Waals surface area (Å²) >= 11 is 0. The number of nitrogens with zero attached hydrogens (tertiary/aromatic N) is 2. The number of hydrogen-bond acceptors (Lipinski definition) is 2. The first-order valence-corrected chi connectivity index (χ1v) is 9.04. The predicted molar refractivity (Wildman–Crippen MR) is 115 cm³/mol. The number of rotatable bonds is 5. The Morgan fingerprint density at radius 3 is 2.52 bits per heavy atom. The zero-order chi connectivity index (χ0) is 17.4. The SMILES string of the molecule is CCNC(=O)c1cccc(CN=C(NCC)N2CCC(C)CC2)c1.I. The molecule has 0 bridgehead atoms. The fourth-order valence-electron chi connectivity index (χ4n) is 2.89. The van der Waals surface area contributed by atoms with Crippen LogP contribution in [-0.2, 0) is 6.54 Å². The molecule has 1 fully saturated rings. The van der Waals surface area contributed by atoms with E-state index >= 15 is 0 Å². The topological polar surface area (TPSA) is 56.7 Å². The molecule has 1 saturated heterocycles. The number of hydrogen-bond donors (Lipinski definition) is 2. The molecule has 0 unspecified atom stereocenters. The van der Waals surface area contributed by atoms with E-state index in [1.165, 1.54) is 12.8 Å². The van der Waals surface area contributed by atoms with Crippen LogP contribution >= 0.6 is 24.0 Å². The lowest BCUT2D eigenvalue weighted by atomic mass is 10.00. The summed E-state index contributed by atoms with van der Waals surface area (Å²) in [7, 11) is 0. The summed E-state index contributed by atoms with van der Waals surface area (Å²) in [6.45, 7) is 10.5. The molecule has 1 aromatic carbocycles. The second-order valence-electron chi connectivity index (χ2n) is 6.40. The van der Waals surface area contributed by atoms with Crippen molar-refractivity contribution in [1.82, 2.24) is 15.5 Å². The van der Waals surface area contributed by atoms with Gasteiger partial charge in [0.15, 0.2) is 5.96 Å². The van der Waals surface area contributed by atoms with Crippen molar-refractivity contribution in [2.75, 3.05) is 26.2 Å². The maximum atomic E-state index is 11.9. The van der Waals surface area contributed by atoms with Crippen molar-refractivity contribution in [2.24, 2.45) is 10.9 Å². The van der Waals surface area contributed by atoms with Gasteiger partial charge in [0.2, 0.25) is 0 Å². The molecular weight excluding hydrogens is 427 g/mol. The maximum Gasteiger partial charge on any atom is 0.251 e. The highest BCUT2D eigenvalue weighted by Crippen LogP contribution is 2.16. The molecule has 1 amide bonds. The van der Waals surface area contributed by atoms with Crippen molar-refractivity contribution >= 4 is 35.8 Å². The highest BCUT2D eigenvalue weighted by atomic mass is 127. The largest absolute Gasteiger partial charge is 0.357 e. The lowest BCUT2D eigenvalue weighted by Gasteiger charge is -2.33. The summed E-state index contributed by atoms with van der Waals surface area (Å²) in [5.74, 6) is 1.76. The van der Waals surface area contributed by atoms with Crippen LogP contribution in [0.5, 0.6) is 0 Å². The number of piperidine rings is 1. The first kappa shape index (κ1) is 21.7. The molecule has 25 heavy (non-hydrogen) atoms. The van der Waals surface area contributed by atoms with Gasteiger partial charge in [-0.25, -0.2) is 4.99 Å². The molecule has 1 heterocycles. The minimum Gasteiger partial charge on any atom is -0.357 e. The van der Waals surface area contributed by atoms with Gasteiger partial charge in [-0.1, -0.05) is 19.1 Å². The van der Waals surface area contributed by atoms with Crippen molar-refractivity contribution in [2.45, 2.75) is 40.2 Å². The molecule has 140 valence electrons. The number of guanidine groups is 1. The third-order valence-corrected chi connectivity index (χ3v) is 4.36. The predicted octanol–water partition coefficient (Wildman–Crippen LogP) is 3.25. The van der Waals surface area contributed by atoms with Crippen LogP contribution in [0.15, 0.2) is 29.3 Å². The summed E-state index contributed by atoms with van der Waals surface area (Å²) in [5.41, 5.74) is 1.75. The molecule has 0 radical (unpaired) electrons. The van der Waals surface area contributed by atoms with Gasteiger partial charge in [0.25, 0.3) is 5.91 Å². The van der Waals surface area contributed by atoms with Crippen LogP contribution < -0.4 is 10.6 Å². The van der Waals surface area contributed by atoms with Gasteiger partial charge in [0.05, 0.1) is 6.54 Å². The molecule has 5 nitrogen and oxygen atoms in total. The van der Waals surface area contributed by atoms with Gasteiger partial charge < -0.3 is 15.5 Å². The summed E-state index contributed by atoms with van der Waals surface area (Å²) in [5, 5.41) is 6.23. The summed E-state index contributed by atoms with van der Waals surface area (Å²) in [4.78, 5) is 19.1. The number of nitrogens with one attached hydrogen (secondary N) is 2. The fourth-order valence-corrected chi connectivity index (χ4v) is 2.89. The Balaban J connectivity index is 0.00000312. The highest BCUT2D eigenvalue weighted by Gasteiger charge is 2.18. The van der Waals surface area contributed by atoms with Crippen LogP contribution in [0.2, 0.25) is 0 Å². The minimum atomic E-state index is -0.0275. The Morgan fingerprint density at radius 1 is 1.20 bits per heavy atom. The molecule has 1 aliphatic rings. The monoisotopic (exact) mass is 458 g/mol. The molecule has 6 heteroatoms. The Hall–Kier alpha value is -1.31. The zero-order valence-electron chi connectivity index (χ0n) is 15.5. The molecule has 0 spiro atoms. The van der Waals surface area contributed by atoms with E-state index in [0.29, 0.717) is 18.7 Å². The number of amides is 1. The number of halogens is 1. The van der Waals surface area contributed by atoms with Gasteiger partial charge in [-0.05, 0) is 50.3 Å². The van der Waals surface area contributed by atoms with Gasteiger partial charge >= 0.3 is 0 Å². The summed E-state index contributed by atoms with van der Waals surface area (Å²) in [6, 6.07) is 7.71. The lowest BCUT2D eigenvalue weighted by molar-refractivity contribution is 0.0955. The Labute approximate surface area is 168 Å². The van der Waals surface area contributed by atoms with Gasteiger partial charge in [-0.3, -0.25) is 4.79 Å². The Bertz CT molecular complexity index is 568. The van der Waals surface area contributed by atoms with E-state index in [-0.39, 0.29) is 29.9 Å². The zero-order valence-corrected chi connectivity index (χ0v) is 17.9. The maximum absolute atomic E-state index is 11.9. The van der Waals surface area contributed by atoms with Crippen molar-refractivity contribution < 1.29 is 4.79 Å². The quantitative estimate of drug-likeness (QED) is 0.405. The molecule has 0 aliphatic carbocycles. The Morgan fingerprint density at radius 2 is 1.88 bits per heavy atom. The van der Waals surface area contributed by atoms with Crippen LogP contribution in [0.25, 0.3) is 0 Å². The number of aliphatic imine (C=N–C) groups is 1. The third kappa shape index (κ3) is 6.84. The van der Waals surface area contributed by atoms with E-state index in [2.05, 4.69) is 29.4 Å². The number of benzene rings is 1. The van der Waals surface area contributed by atoms with Gasteiger partial charge in [0, 0.05) is 31.7 Å². The first-order chi connectivity index (χ1) is 11.6. The number of carbonyl (C=O) groups excluding carboxylic acids is 1. The molecule has 0 atom stereocenters. The van der Waals surface area contributed by atoms with Gasteiger partial charge in [-0.2, -0.15) is 0 Å². The van der Waals surface area contributed by atoms with E-state index in [0.717, 1.165) is 37.1 Å². The van der Waals surface area contributed by atoms with Crippen LogP contribution in [0, 0.1) is 5.92 Å². The molecule has 2 rings (SSSR count). The smallest absolute Gasteiger partial charge is 0.251 e. The van der Waals surface area contributed by atoms with Crippen LogP contribution in [0.4, 0.5) is 0 Å². The molecule has 0 aromatic heterocycles. The van der Waals surface area contributed by atoms with Crippen molar-refractivity contribution in [1.29, 1.82) is 0 Å². The summed E-state index contributed by atoms with van der Waals surface area (Å²) < 4.78 is 0. The molecule has 2 N–H and O–H groups in total. The molecule has 1 aromatic rings. The molecule has 1 aliphatic heterocycles.